The first-order chi connectivity index (χ1) is 9.02. The van der Waals surface area contributed by atoms with E-state index in [9.17, 15) is 14.0 Å². The van der Waals surface area contributed by atoms with Crippen molar-refractivity contribution in [2.45, 2.75) is 31.1 Å². The first-order valence-corrected chi connectivity index (χ1v) is 6.26. The fourth-order valence-electron chi connectivity index (χ4n) is 2.11. The molecule has 1 aliphatic carbocycles. The molecule has 0 saturated heterocycles. The van der Waals surface area contributed by atoms with Crippen LogP contribution in [-0.4, -0.2) is 23.5 Å². The van der Waals surface area contributed by atoms with Gasteiger partial charge in [0.1, 0.15) is 5.82 Å². The Morgan fingerprint density at radius 1 is 1.32 bits per heavy atom. The van der Waals surface area contributed by atoms with Crippen molar-refractivity contribution in [2.24, 2.45) is 0 Å². The minimum absolute atomic E-state index is 0.0193. The third-order valence-electron chi connectivity index (χ3n) is 3.48. The second kappa shape index (κ2) is 5.38. The molecule has 1 fully saturated rings. The summed E-state index contributed by atoms with van der Waals surface area (Å²) in [6.07, 6.45) is 1.64. The highest BCUT2D eigenvalue weighted by Crippen LogP contribution is 2.47. The minimum atomic E-state index is -0.985. The number of amides is 1. The van der Waals surface area contributed by atoms with Gasteiger partial charge in [-0.2, -0.15) is 0 Å². The quantitative estimate of drug-likeness (QED) is 0.824. The fourth-order valence-corrected chi connectivity index (χ4v) is 2.11. The Morgan fingerprint density at radius 2 is 2.05 bits per heavy atom. The van der Waals surface area contributed by atoms with E-state index in [4.69, 9.17) is 5.11 Å². The van der Waals surface area contributed by atoms with Gasteiger partial charge in [-0.1, -0.05) is 12.1 Å². The van der Waals surface area contributed by atoms with Gasteiger partial charge in [-0.3, -0.25) is 9.59 Å². The van der Waals surface area contributed by atoms with Crippen molar-refractivity contribution in [1.82, 2.24) is 5.32 Å². The van der Waals surface area contributed by atoms with E-state index in [-0.39, 0.29) is 30.0 Å². The summed E-state index contributed by atoms with van der Waals surface area (Å²) >= 11 is 0. The molecule has 0 spiro atoms. The number of rotatable bonds is 6. The number of benzene rings is 1. The summed E-state index contributed by atoms with van der Waals surface area (Å²) in [5, 5.41) is 11.2. The summed E-state index contributed by atoms with van der Waals surface area (Å²) in [5.74, 6) is -1.53. The Kier molecular flexibility index (Phi) is 3.83. The number of carboxylic acids is 1. The lowest BCUT2D eigenvalue weighted by Gasteiger charge is -2.16. The fraction of sp³-hybridized carbons (Fsp3) is 0.429. The zero-order chi connectivity index (χ0) is 13.9. The van der Waals surface area contributed by atoms with Crippen molar-refractivity contribution >= 4 is 11.9 Å². The van der Waals surface area contributed by atoms with Gasteiger partial charge in [0.05, 0.1) is 6.42 Å². The average molecular weight is 265 g/mol. The van der Waals surface area contributed by atoms with Crippen LogP contribution >= 0.6 is 0 Å². The van der Waals surface area contributed by atoms with Crippen LogP contribution < -0.4 is 5.32 Å². The highest BCUT2D eigenvalue weighted by atomic mass is 19.1. The molecule has 2 rings (SSSR count). The molecule has 0 heterocycles. The summed E-state index contributed by atoms with van der Waals surface area (Å²) in [4.78, 5) is 21.8. The molecule has 0 aromatic heterocycles. The van der Waals surface area contributed by atoms with E-state index in [1.54, 1.807) is 6.07 Å². The lowest BCUT2D eigenvalue weighted by atomic mass is 9.96. The van der Waals surface area contributed by atoms with Gasteiger partial charge in [0, 0.05) is 18.4 Å². The van der Waals surface area contributed by atoms with Gasteiger partial charge in [-0.05, 0) is 30.5 Å². The van der Waals surface area contributed by atoms with Crippen LogP contribution in [0.5, 0.6) is 0 Å². The van der Waals surface area contributed by atoms with Crippen LogP contribution in [-0.2, 0) is 15.0 Å². The van der Waals surface area contributed by atoms with Crippen molar-refractivity contribution in [3.8, 4) is 0 Å². The lowest BCUT2D eigenvalue weighted by Crippen LogP contribution is -2.32. The van der Waals surface area contributed by atoms with E-state index < -0.39 is 5.97 Å². The Bertz CT molecular complexity index is 497. The Balaban J connectivity index is 1.89. The molecule has 1 aromatic rings. The molecule has 5 heteroatoms. The third-order valence-corrected chi connectivity index (χ3v) is 3.48. The first kappa shape index (κ1) is 13.5. The normalized spacial score (nSPS) is 15.8. The summed E-state index contributed by atoms with van der Waals surface area (Å²) < 4.78 is 13.2. The summed E-state index contributed by atoms with van der Waals surface area (Å²) in [7, 11) is 0. The van der Waals surface area contributed by atoms with Crippen LogP contribution in [0.3, 0.4) is 0 Å². The molecule has 1 aromatic carbocycles. The lowest BCUT2D eigenvalue weighted by molar-refractivity contribution is -0.138. The Hall–Kier alpha value is -1.91. The van der Waals surface area contributed by atoms with Crippen LogP contribution in [0.1, 0.15) is 31.2 Å². The maximum absolute atomic E-state index is 13.2. The minimum Gasteiger partial charge on any atom is -0.481 e. The van der Waals surface area contributed by atoms with Crippen molar-refractivity contribution in [2.75, 3.05) is 6.54 Å². The van der Waals surface area contributed by atoms with Gasteiger partial charge >= 0.3 is 5.97 Å². The molecule has 1 saturated carbocycles. The number of carbonyl (C=O) groups excluding carboxylic acids is 1. The molecule has 0 radical (unpaired) electrons. The van der Waals surface area contributed by atoms with E-state index in [0.29, 0.717) is 6.54 Å². The van der Waals surface area contributed by atoms with Crippen molar-refractivity contribution < 1.29 is 19.1 Å². The van der Waals surface area contributed by atoms with E-state index >= 15 is 0 Å². The predicted octanol–water partition coefficient (Wildman–Crippen LogP) is 1.84. The van der Waals surface area contributed by atoms with Crippen LogP contribution in [0.15, 0.2) is 24.3 Å². The van der Waals surface area contributed by atoms with Crippen molar-refractivity contribution in [1.29, 1.82) is 0 Å². The van der Waals surface area contributed by atoms with Crippen molar-refractivity contribution in [3.63, 3.8) is 0 Å². The van der Waals surface area contributed by atoms with Gasteiger partial charge in [0.15, 0.2) is 0 Å². The van der Waals surface area contributed by atoms with Crippen LogP contribution in [0.25, 0.3) is 0 Å². The van der Waals surface area contributed by atoms with E-state index in [0.717, 1.165) is 18.4 Å². The number of carboxylic acid groups (broad SMARTS) is 1. The van der Waals surface area contributed by atoms with Gasteiger partial charge in [0.25, 0.3) is 0 Å². The molecule has 0 unspecified atom stereocenters. The van der Waals surface area contributed by atoms with Gasteiger partial charge < -0.3 is 10.4 Å². The van der Waals surface area contributed by atoms with Crippen LogP contribution in [0, 0.1) is 5.82 Å². The number of hydrogen-bond acceptors (Lipinski definition) is 2. The zero-order valence-corrected chi connectivity index (χ0v) is 10.5. The number of halogens is 1. The highest BCUT2D eigenvalue weighted by molar-refractivity contribution is 5.80. The van der Waals surface area contributed by atoms with E-state index in [1.165, 1.54) is 12.1 Å². The maximum Gasteiger partial charge on any atom is 0.303 e. The smallest absolute Gasteiger partial charge is 0.303 e. The van der Waals surface area contributed by atoms with Crippen LogP contribution in [0.2, 0.25) is 0 Å². The number of carbonyl (C=O) groups is 2. The molecular formula is C14H16FNO3. The summed E-state index contributed by atoms with van der Waals surface area (Å²) in [6, 6.07) is 6.41. The molecule has 2 N–H and O–H groups in total. The molecule has 4 nitrogen and oxygen atoms in total. The number of hydrogen-bond donors (Lipinski definition) is 2. The predicted molar refractivity (Wildman–Crippen MR) is 67.2 cm³/mol. The number of aliphatic carboxylic acids is 1. The average Bonchev–Trinajstić information content (AvgIpc) is 3.15. The molecule has 1 amide bonds. The third kappa shape index (κ3) is 3.53. The van der Waals surface area contributed by atoms with Crippen LogP contribution in [0.4, 0.5) is 4.39 Å². The topological polar surface area (TPSA) is 66.4 Å². The monoisotopic (exact) mass is 265 g/mol. The highest BCUT2D eigenvalue weighted by Gasteiger charge is 2.44. The molecule has 19 heavy (non-hydrogen) atoms. The second-order valence-corrected chi connectivity index (χ2v) is 4.96. The van der Waals surface area contributed by atoms with Crippen molar-refractivity contribution in [3.05, 3.63) is 35.6 Å². The first-order valence-electron chi connectivity index (χ1n) is 6.26. The Labute approximate surface area is 110 Å². The molecule has 0 bridgehead atoms. The zero-order valence-electron chi connectivity index (χ0n) is 10.5. The van der Waals surface area contributed by atoms with Gasteiger partial charge in [-0.25, -0.2) is 4.39 Å². The number of nitrogens with one attached hydrogen (secondary N) is 1. The Morgan fingerprint density at radius 3 is 2.63 bits per heavy atom. The summed E-state index contributed by atoms with van der Waals surface area (Å²) in [5.41, 5.74) is 0.729. The summed E-state index contributed by atoms with van der Waals surface area (Å²) in [6.45, 7) is 0.439. The molecule has 0 aliphatic heterocycles. The SMILES string of the molecule is O=C(O)CCC(=O)NCC1(c2cccc(F)c2)CC1. The molecular weight excluding hydrogens is 249 g/mol. The largest absolute Gasteiger partial charge is 0.481 e. The van der Waals surface area contributed by atoms with E-state index in [2.05, 4.69) is 5.32 Å². The second-order valence-electron chi connectivity index (χ2n) is 4.96. The standard InChI is InChI=1S/C14H16FNO3/c15-11-3-1-2-10(8-11)14(6-7-14)9-16-12(17)4-5-13(18)19/h1-3,8H,4-7,9H2,(H,16,17)(H,18,19). The molecule has 102 valence electrons. The van der Waals surface area contributed by atoms with Gasteiger partial charge in [0.2, 0.25) is 5.91 Å². The molecule has 1 aliphatic rings. The van der Waals surface area contributed by atoms with E-state index in [1.807, 2.05) is 6.07 Å². The maximum atomic E-state index is 13.2. The van der Waals surface area contributed by atoms with Gasteiger partial charge in [-0.15, -0.1) is 0 Å². The molecule has 0 atom stereocenters.